The molecule has 0 unspecified atom stereocenters. The van der Waals surface area contributed by atoms with Crippen LogP contribution in [0.25, 0.3) is 5.53 Å². The molecule has 8 heteroatoms. The van der Waals surface area contributed by atoms with Crippen molar-refractivity contribution in [1.82, 2.24) is 0 Å². The van der Waals surface area contributed by atoms with Crippen molar-refractivity contribution < 1.29 is 27.5 Å². The van der Waals surface area contributed by atoms with E-state index in [-0.39, 0.29) is 21.6 Å². The number of Topliss-reactive ketones (excluding diaryl/α,β-unsaturated/α-hetero) is 1. The number of rotatable bonds is 4. The molecule has 0 saturated carbocycles. The van der Waals surface area contributed by atoms with Crippen LogP contribution in [-0.4, -0.2) is 30.0 Å². The largest absolute Gasteiger partial charge is 0.456 e. The van der Waals surface area contributed by atoms with Gasteiger partial charge in [-0.05, 0) is 35.2 Å². The van der Waals surface area contributed by atoms with Gasteiger partial charge in [-0.25, -0.2) is 8.42 Å². The van der Waals surface area contributed by atoms with Gasteiger partial charge in [-0.1, -0.05) is 45.0 Å². The molecule has 0 bridgehead atoms. The molecule has 146 valence electrons. The molecule has 2 rings (SSSR count). The van der Waals surface area contributed by atoms with Crippen molar-refractivity contribution in [3.8, 4) is 5.75 Å². The average molecular weight is 400 g/mol. The van der Waals surface area contributed by atoms with E-state index in [9.17, 15) is 23.5 Å². The zero-order valence-corrected chi connectivity index (χ0v) is 16.8. The average Bonchev–Trinajstić information content (AvgIpc) is 2.61. The molecular formula is C20H20N2O5S. The van der Waals surface area contributed by atoms with Crippen LogP contribution in [-0.2, 0) is 20.0 Å². The summed E-state index contributed by atoms with van der Waals surface area (Å²) in [4.78, 5) is 26.1. The molecule has 0 radical (unpaired) electrons. The second-order valence-corrected chi connectivity index (χ2v) is 9.00. The quantitative estimate of drug-likeness (QED) is 0.149. The summed E-state index contributed by atoms with van der Waals surface area (Å²) >= 11 is 0. The van der Waals surface area contributed by atoms with Crippen molar-refractivity contribution in [2.24, 2.45) is 0 Å². The third-order valence-electron chi connectivity index (χ3n) is 3.95. The maximum atomic E-state index is 12.7. The lowest BCUT2D eigenvalue weighted by molar-refractivity contribution is -0.131. The third-order valence-corrected chi connectivity index (χ3v) is 5.62. The molecule has 0 atom stereocenters. The van der Waals surface area contributed by atoms with Crippen LogP contribution in [0.15, 0.2) is 53.4 Å². The van der Waals surface area contributed by atoms with Crippen LogP contribution >= 0.6 is 0 Å². The standard InChI is InChI=1S/C20H20N2O5S/c1-13(23)27-16-9-11-17(12-10-16)28(25,26)19(22-21)18(24)14-5-7-15(8-6-14)20(2,3)4/h5-12H,1-4H3. The molecule has 0 fully saturated rings. The Morgan fingerprint density at radius 3 is 1.93 bits per heavy atom. The highest BCUT2D eigenvalue weighted by molar-refractivity contribution is 8.08. The van der Waals surface area contributed by atoms with Gasteiger partial charge in [-0.2, -0.15) is 0 Å². The first-order valence-electron chi connectivity index (χ1n) is 8.37. The fourth-order valence-electron chi connectivity index (χ4n) is 2.43. The van der Waals surface area contributed by atoms with Crippen molar-refractivity contribution >= 4 is 26.6 Å². The maximum absolute atomic E-state index is 12.7. The first-order chi connectivity index (χ1) is 13.0. The molecule has 0 aliphatic rings. The first kappa shape index (κ1) is 21.2. The zero-order chi connectivity index (χ0) is 21.1. The van der Waals surface area contributed by atoms with Crippen LogP contribution in [0.2, 0.25) is 0 Å². The molecule has 0 aliphatic carbocycles. The predicted octanol–water partition coefficient (Wildman–Crippen LogP) is 3.19. The number of hydrogen-bond donors (Lipinski definition) is 0. The second kappa shape index (κ2) is 7.88. The van der Waals surface area contributed by atoms with E-state index in [0.29, 0.717) is 0 Å². The highest BCUT2D eigenvalue weighted by Crippen LogP contribution is 2.23. The number of ketones is 1. The molecule has 2 aromatic carbocycles. The van der Waals surface area contributed by atoms with E-state index in [1.54, 1.807) is 12.1 Å². The van der Waals surface area contributed by atoms with Gasteiger partial charge in [0.05, 0.1) is 4.90 Å². The topological polar surface area (TPSA) is 114 Å². The Kier molecular flexibility index (Phi) is 5.97. The monoisotopic (exact) mass is 400 g/mol. The molecule has 2 aromatic rings. The van der Waals surface area contributed by atoms with Gasteiger partial charge in [0.15, 0.2) is 0 Å². The number of benzene rings is 2. The minimum absolute atomic E-state index is 0.0842. The fourth-order valence-corrected chi connectivity index (χ4v) is 3.62. The molecule has 0 N–H and O–H groups in total. The Morgan fingerprint density at radius 2 is 1.50 bits per heavy atom. The number of nitrogens with zero attached hydrogens (tertiary/aromatic N) is 2. The van der Waals surface area contributed by atoms with E-state index in [0.717, 1.165) is 17.7 Å². The Balaban J connectivity index is 2.36. The second-order valence-electron chi connectivity index (χ2n) is 7.13. The smallest absolute Gasteiger partial charge is 0.427 e. The summed E-state index contributed by atoms with van der Waals surface area (Å²) in [7, 11) is -4.37. The first-order valence-corrected chi connectivity index (χ1v) is 9.86. The Hall–Kier alpha value is -3.09. The minimum Gasteiger partial charge on any atom is -0.427 e. The number of esters is 1. The Morgan fingerprint density at radius 1 is 0.964 bits per heavy atom. The van der Waals surface area contributed by atoms with Gasteiger partial charge < -0.3 is 10.3 Å². The Bertz CT molecular complexity index is 1060. The molecule has 0 amide bonds. The van der Waals surface area contributed by atoms with Crippen molar-refractivity contribution in [3.05, 3.63) is 65.2 Å². The molecule has 0 aromatic heterocycles. The molecule has 0 spiro atoms. The number of hydrogen-bond acceptors (Lipinski definition) is 5. The zero-order valence-electron chi connectivity index (χ0n) is 16.0. The van der Waals surface area contributed by atoms with Crippen LogP contribution in [0.1, 0.15) is 43.6 Å². The van der Waals surface area contributed by atoms with Crippen LogP contribution < -0.4 is 4.74 Å². The summed E-state index contributed by atoms with van der Waals surface area (Å²) in [5, 5.41) is -0.990. The molecular weight excluding hydrogens is 380 g/mol. The highest BCUT2D eigenvalue weighted by Gasteiger charge is 2.38. The third kappa shape index (κ3) is 4.60. The summed E-state index contributed by atoms with van der Waals surface area (Å²) in [6.45, 7) is 7.24. The van der Waals surface area contributed by atoms with Gasteiger partial charge in [-0.3, -0.25) is 9.59 Å². The lowest BCUT2D eigenvalue weighted by Crippen LogP contribution is -2.26. The molecule has 0 heterocycles. The van der Waals surface area contributed by atoms with E-state index in [2.05, 4.69) is 4.79 Å². The van der Waals surface area contributed by atoms with Crippen molar-refractivity contribution in [2.75, 3.05) is 0 Å². The molecule has 0 saturated heterocycles. The highest BCUT2D eigenvalue weighted by atomic mass is 32.2. The van der Waals surface area contributed by atoms with E-state index in [1.807, 2.05) is 20.8 Å². The minimum atomic E-state index is -4.37. The van der Waals surface area contributed by atoms with Gasteiger partial charge in [0.25, 0.3) is 15.6 Å². The summed E-state index contributed by atoms with van der Waals surface area (Å²) in [6, 6.07) is 11.3. The maximum Gasteiger partial charge on any atom is 0.456 e. The predicted molar refractivity (Wildman–Crippen MR) is 103 cm³/mol. The summed E-state index contributed by atoms with van der Waals surface area (Å²) in [5.74, 6) is -1.33. The van der Waals surface area contributed by atoms with Crippen LogP contribution in [0.3, 0.4) is 0 Å². The van der Waals surface area contributed by atoms with Crippen LogP contribution in [0.4, 0.5) is 0 Å². The van der Waals surface area contributed by atoms with Crippen molar-refractivity contribution in [1.29, 1.82) is 0 Å². The van der Waals surface area contributed by atoms with Gasteiger partial charge in [0.2, 0.25) is 0 Å². The van der Waals surface area contributed by atoms with Gasteiger partial charge in [0.1, 0.15) is 5.75 Å². The number of carbonyl (C=O) groups excluding carboxylic acids is 2. The van der Waals surface area contributed by atoms with Crippen LogP contribution in [0.5, 0.6) is 5.75 Å². The van der Waals surface area contributed by atoms with E-state index in [1.165, 1.54) is 31.2 Å². The number of sulfone groups is 1. The number of carbonyl (C=O) groups is 2. The van der Waals surface area contributed by atoms with Crippen molar-refractivity contribution in [3.63, 3.8) is 0 Å². The van der Waals surface area contributed by atoms with Gasteiger partial charge in [0, 0.05) is 12.5 Å². The summed E-state index contributed by atoms with van der Waals surface area (Å²) in [6.07, 6.45) is 0. The van der Waals surface area contributed by atoms with Gasteiger partial charge in [-0.15, -0.1) is 4.79 Å². The summed E-state index contributed by atoms with van der Waals surface area (Å²) < 4.78 is 30.3. The van der Waals surface area contributed by atoms with Crippen LogP contribution in [0, 0.1) is 0 Å². The lowest BCUT2D eigenvalue weighted by atomic mass is 9.86. The van der Waals surface area contributed by atoms with E-state index < -0.39 is 26.6 Å². The Labute approximate surface area is 163 Å². The van der Waals surface area contributed by atoms with Crippen molar-refractivity contribution in [2.45, 2.75) is 38.0 Å². The van der Waals surface area contributed by atoms with E-state index in [4.69, 9.17) is 4.74 Å². The van der Waals surface area contributed by atoms with E-state index >= 15 is 0 Å². The number of ether oxygens (including phenoxy) is 1. The van der Waals surface area contributed by atoms with Gasteiger partial charge >= 0.3 is 11.0 Å². The molecule has 0 aliphatic heterocycles. The molecule has 28 heavy (non-hydrogen) atoms. The SMILES string of the molecule is CC(=O)Oc1ccc(S(=O)(=O)C(=[N+]=[N-])C(=O)c2ccc(C(C)(C)C)cc2)cc1. The summed E-state index contributed by atoms with van der Waals surface area (Å²) in [5.41, 5.74) is 10.1. The fraction of sp³-hybridized carbons (Fsp3) is 0.250. The molecule has 7 nitrogen and oxygen atoms in total. The normalized spacial score (nSPS) is 11.4. The lowest BCUT2D eigenvalue weighted by Gasteiger charge is -2.18.